The first-order valence-electron chi connectivity index (χ1n) is 5.62. The molecule has 0 saturated carbocycles. The van der Waals surface area contributed by atoms with E-state index in [0.717, 1.165) is 11.6 Å². The van der Waals surface area contributed by atoms with E-state index in [4.69, 9.17) is 23.2 Å². The summed E-state index contributed by atoms with van der Waals surface area (Å²) in [6.07, 6.45) is 0. The zero-order chi connectivity index (χ0) is 14.7. The van der Waals surface area contributed by atoms with Crippen molar-refractivity contribution in [2.45, 2.75) is 6.54 Å². The molecule has 0 bridgehead atoms. The number of hydrogen-bond acceptors (Lipinski definition) is 4. The van der Waals surface area contributed by atoms with Crippen molar-refractivity contribution in [3.63, 3.8) is 0 Å². The van der Waals surface area contributed by atoms with Gasteiger partial charge in [0.15, 0.2) is 0 Å². The van der Waals surface area contributed by atoms with Gasteiger partial charge in [-0.3, -0.25) is 10.1 Å². The number of nitro benzene ring substituents is 1. The normalized spacial score (nSPS) is 10.3. The van der Waals surface area contributed by atoms with E-state index in [-0.39, 0.29) is 18.0 Å². The molecule has 0 aliphatic rings. The van der Waals surface area contributed by atoms with Crippen molar-refractivity contribution in [3.8, 4) is 5.75 Å². The second-order valence-electron chi connectivity index (χ2n) is 4.05. The number of halogens is 2. The second kappa shape index (κ2) is 5.98. The summed E-state index contributed by atoms with van der Waals surface area (Å²) < 4.78 is 0. The quantitative estimate of drug-likeness (QED) is 0.503. The maximum Gasteiger partial charge on any atom is 0.296 e. The zero-order valence-corrected chi connectivity index (χ0v) is 11.6. The topological polar surface area (TPSA) is 75.4 Å². The van der Waals surface area contributed by atoms with E-state index in [1.165, 1.54) is 12.1 Å². The molecule has 20 heavy (non-hydrogen) atoms. The van der Waals surface area contributed by atoms with Gasteiger partial charge in [-0.1, -0.05) is 23.2 Å². The van der Waals surface area contributed by atoms with E-state index in [1.54, 1.807) is 18.2 Å². The van der Waals surface area contributed by atoms with Gasteiger partial charge in [-0.2, -0.15) is 0 Å². The highest BCUT2D eigenvalue weighted by atomic mass is 35.5. The van der Waals surface area contributed by atoms with Crippen molar-refractivity contribution in [2.24, 2.45) is 0 Å². The van der Waals surface area contributed by atoms with Crippen LogP contribution in [0.4, 0.5) is 11.4 Å². The van der Waals surface area contributed by atoms with Gasteiger partial charge in [-0.15, -0.1) is 0 Å². The lowest BCUT2D eigenvalue weighted by Crippen LogP contribution is -2.03. The van der Waals surface area contributed by atoms with E-state index in [0.29, 0.717) is 15.7 Å². The summed E-state index contributed by atoms with van der Waals surface area (Å²) in [6, 6.07) is 8.90. The molecule has 0 heterocycles. The van der Waals surface area contributed by atoms with Crippen LogP contribution in [0.25, 0.3) is 0 Å². The number of aromatic hydroxyl groups is 1. The standard InChI is InChI=1S/C13H10Cl2N2O3/c14-9-1-3-11(15)8(5-9)7-16-12-4-2-10(18)6-13(12)17(19)20/h1-6,16,18H,7H2. The number of hydrogen-bond donors (Lipinski definition) is 2. The van der Waals surface area contributed by atoms with E-state index < -0.39 is 4.92 Å². The molecule has 0 fully saturated rings. The largest absolute Gasteiger partial charge is 0.508 e. The van der Waals surface area contributed by atoms with Crippen LogP contribution in [0, 0.1) is 10.1 Å². The first-order chi connectivity index (χ1) is 9.47. The first-order valence-corrected chi connectivity index (χ1v) is 6.38. The number of benzene rings is 2. The molecular formula is C13H10Cl2N2O3. The van der Waals surface area contributed by atoms with Crippen molar-refractivity contribution in [3.05, 3.63) is 62.1 Å². The van der Waals surface area contributed by atoms with Gasteiger partial charge in [0.25, 0.3) is 5.69 Å². The number of nitro groups is 1. The summed E-state index contributed by atoms with van der Waals surface area (Å²) in [5, 5.41) is 24.2. The van der Waals surface area contributed by atoms with Crippen molar-refractivity contribution >= 4 is 34.6 Å². The van der Waals surface area contributed by atoms with Gasteiger partial charge in [-0.05, 0) is 35.9 Å². The molecule has 0 unspecified atom stereocenters. The molecule has 104 valence electrons. The maximum absolute atomic E-state index is 10.9. The lowest BCUT2D eigenvalue weighted by Gasteiger charge is -2.09. The molecule has 2 rings (SSSR count). The molecule has 7 heteroatoms. The fourth-order valence-electron chi connectivity index (χ4n) is 1.69. The molecule has 0 aromatic heterocycles. The minimum absolute atomic E-state index is 0.164. The molecule has 0 aliphatic carbocycles. The van der Waals surface area contributed by atoms with Crippen molar-refractivity contribution < 1.29 is 10.0 Å². The van der Waals surface area contributed by atoms with E-state index >= 15 is 0 Å². The van der Waals surface area contributed by atoms with Gasteiger partial charge in [0.2, 0.25) is 0 Å². The van der Waals surface area contributed by atoms with Crippen LogP contribution in [0.15, 0.2) is 36.4 Å². The molecule has 2 aromatic carbocycles. The molecule has 0 spiro atoms. The Morgan fingerprint density at radius 3 is 2.65 bits per heavy atom. The third kappa shape index (κ3) is 3.31. The summed E-state index contributed by atoms with van der Waals surface area (Å²) in [4.78, 5) is 10.3. The molecule has 0 saturated heterocycles. The fourth-order valence-corrected chi connectivity index (χ4v) is 2.07. The highest BCUT2D eigenvalue weighted by molar-refractivity contribution is 6.33. The SMILES string of the molecule is O=[N+]([O-])c1cc(O)ccc1NCc1cc(Cl)ccc1Cl. The molecule has 0 aliphatic heterocycles. The smallest absolute Gasteiger partial charge is 0.296 e. The highest BCUT2D eigenvalue weighted by Crippen LogP contribution is 2.29. The summed E-state index contributed by atoms with van der Waals surface area (Å²) in [7, 11) is 0. The van der Waals surface area contributed by atoms with Crippen molar-refractivity contribution in [1.29, 1.82) is 0 Å². The third-order valence-electron chi connectivity index (χ3n) is 2.66. The average Bonchev–Trinajstić information content (AvgIpc) is 2.40. The minimum Gasteiger partial charge on any atom is -0.508 e. The Morgan fingerprint density at radius 1 is 1.20 bits per heavy atom. The summed E-state index contributed by atoms with van der Waals surface area (Å²) in [6.45, 7) is 0.283. The van der Waals surface area contributed by atoms with Crippen LogP contribution in [0.1, 0.15) is 5.56 Å². The highest BCUT2D eigenvalue weighted by Gasteiger charge is 2.14. The van der Waals surface area contributed by atoms with E-state index in [9.17, 15) is 15.2 Å². The molecule has 2 aromatic rings. The summed E-state index contributed by atoms with van der Waals surface area (Å²) in [5.74, 6) is -0.164. The van der Waals surface area contributed by atoms with Crippen molar-refractivity contribution in [1.82, 2.24) is 0 Å². The molecular weight excluding hydrogens is 303 g/mol. The molecule has 2 N–H and O–H groups in total. The van der Waals surface area contributed by atoms with Gasteiger partial charge >= 0.3 is 0 Å². The Kier molecular flexibility index (Phi) is 4.32. The first kappa shape index (κ1) is 14.4. The lowest BCUT2D eigenvalue weighted by molar-refractivity contribution is -0.384. The number of phenolic OH excluding ortho intramolecular Hbond substituents is 1. The fraction of sp³-hybridized carbons (Fsp3) is 0.0769. The van der Waals surface area contributed by atoms with Crippen LogP contribution in [0.3, 0.4) is 0 Å². The predicted molar refractivity (Wildman–Crippen MR) is 78.5 cm³/mol. The minimum atomic E-state index is -0.568. The molecule has 0 atom stereocenters. The molecule has 0 radical (unpaired) electrons. The van der Waals surface area contributed by atoms with Crippen LogP contribution in [0.5, 0.6) is 5.75 Å². The number of nitrogens with zero attached hydrogens (tertiary/aromatic N) is 1. The van der Waals surface area contributed by atoms with E-state index in [2.05, 4.69) is 5.32 Å². The summed E-state index contributed by atoms with van der Waals surface area (Å²) in [5.41, 5.74) is 0.813. The number of anilines is 1. The van der Waals surface area contributed by atoms with Crippen LogP contribution < -0.4 is 5.32 Å². The third-order valence-corrected chi connectivity index (χ3v) is 3.26. The van der Waals surface area contributed by atoms with Crippen LogP contribution >= 0.6 is 23.2 Å². The van der Waals surface area contributed by atoms with Gasteiger partial charge in [-0.25, -0.2) is 0 Å². The second-order valence-corrected chi connectivity index (χ2v) is 4.89. The Hall–Kier alpha value is -1.98. The Bertz CT molecular complexity index is 662. The predicted octanol–water partition coefficient (Wildman–Crippen LogP) is 4.22. The zero-order valence-electron chi connectivity index (χ0n) is 10.1. The van der Waals surface area contributed by atoms with Gasteiger partial charge in [0.1, 0.15) is 11.4 Å². The summed E-state index contributed by atoms with van der Waals surface area (Å²) >= 11 is 11.9. The lowest BCUT2D eigenvalue weighted by atomic mass is 10.2. The van der Waals surface area contributed by atoms with Gasteiger partial charge < -0.3 is 10.4 Å². The van der Waals surface area contributed by atoms with Gasteiger partial charge in [0, 0.05) is 16.6 Å². The Morgan fingerprint density at radius 2 is 1.95 bits per heavy atom. The Labute approximate surface area is 124 Å². The van der Waals surface area contributed by atoms with Crippen LogP contribution in [-0.4, -0.2) is 10.0 Å². The molecule has 5 nitrogen and oxygen atoms in total. The van der Waals surface area contributed by atoms with Crippen molar-refractivity contribution in [2.75, 3.05) is 5.32 Å². The monoisotopic (exact) mass is 312 g/mol. The van der Waals surface area contributed by atoms with Gasteiger partial charge in [0.05, 0.1) is 11.0 Å². The van der Waals surface area contributed by atoms with Crippen LogP contribution in [-0.2, 0) is 6.54 Å². The molecule has 0 amide bonds. The number of rotatable bonds is 4. The maximum atomic E-state index is 10.9. The Balaban J connectivity index is 2.23. The number of phenols is 1. The van der Waals surface area contributed by atoms with Crippen LogP contribution in [0.2, 0.25) is 10.0 Å². The number of nitrogens with one attached hydrogen (secondary N) is 1. The van der Waals surface area contributed by atoms with E-state index in [1.807, 2.05) is 0 Å². The average molecular weight is 313 g/mol.